The summed E-state index contributed by atoms with van der Waals surface area (Å²) in [6, 6.07) is 18.3. The molecule has 2 N–H and O–H groups in total. The van der Waals surface area contributed by atoms with E-state index in [1.807, 2.05) is 36.1 Å². The Balaban J connectivity index is 1.34. The zero-order valence-electron chi connectivity index (χ0n) is 23.1. The van der Waals surface area contributed by atoms with E-state index >= 15 is 0 Å². The maximum Gasteiger partial charge on any atom is 0.227 e. The van der Waals surface area contributed by atoms with Crippen molar-refractivity contribution in [3.63, 3.8) is 0 Å². The summed E-state index contributed by atoms with van der Waals surface area (Å²) in [4.78, 5) is 15.6. The maximum absolute atomic E-state index is 13.7. The summed E-state index contributed by atoms with van der Waals surface area (Å²) in [6.07, 6.45) is 4.14. The Hall–Kier alpha value is -2.28. The minimum absolute atomic E-state index is 0.0915. The van der Waals surface area contributed by atoms with Gasteiger partial charge in [0.25, 0.3) is 0 Å². The molecule has 214 valence electrons. The number of hydrogen-bond donors (Lipinski definition) is 1. The Morgan fingerprint density at radius 3 is 2.15 bits per heavy atom. The Bertz CT molecular complexity index is 1270. The quantitative estimate of drug-likeness (QED) is 0.214. The highest BCUT2D eigenvalue weighted by molar-refractivity contribution is 6.37. The molecule has 40 heavy (non-hydrogen) atoms. The molecule has 0 spiro atoms. The fourth-order valence-electron chi connectivity index (χ4n) is 4.78. The van der Waals surface area contributed by atoms with Gasteiger partial charge in [-0.15, -0.1) is 0 Å². The van der Waals surface area contributed by atoms with Crippen LogP contribution in [0.3, 0.4) is 0 Å². The van der Waals surface area contributed by atoms with Crippen molar-refractivity contribution in [2.45, 2.75) is 51.6 Å². The largest absolute Gasteiger partial charge is 0.490 e. The van der Waals surface area contributed by atoms with Gasteiger partial charge < -0.3 is 20.1 Å². The van der Waals surface area contributed by atoms with Crippen LogP contribution in [0.5, 0.6) is 5.75 Å². The summed E-state index contributed by atoms with van der Waals surface area (Å²) in [6.45, 7) is 3.83. The van der Waals surface area contributed by atoms with Crippen LogP contribution in [-0.4, -0.2) is 43.7 Å². The summed E-state index contributed by atoms with van der Waals surface area (Å²) >= 11 is 19.2. The van der Waals surface area contributed by atoms with Crippen LogP contribution in [0.15, 0.2) is 54.6 Å². The van der Waals surface area contributed by atoms with Gasteiger partial charge in [-0.3, -0.25) is 4.79 Å². The number of nitrogens with two attached hydrogens (primary N) is 1. The summed E-state index contributed by atoms with van der Waals surface area (Å²) in [5.74, 6) is 0.313. The monoisotopic (exact) mass is 602 g/mol. The van der Waals surface area contributed by atoms with Crippen LogP contribution in [0.4, 0.5) is 0 Å². The third-order valence-electron chi connectivity index (χ3n) is 7.24. The van der Waals surface area contributed by atoms with E-state index in [1.54, 1.807) is 7.11 Å². The molecule has 3 aromatic rings. The van der Waals surface area contributed by atoms with Crippen LogP contribution >= 0.6 is 34.8 Å². The van der Waals surface area contributed by atoms with Crippen molar-refractivity contribution < 1.29 is 14.3 Å². The third-order valence-corrected chi connectivity index (χ3v) is 8.16. The molecule has 0 bridgehead atoms. The maximum atomic E-state index is 13.7. The molecule has 1 aliphatic carbocycles. The van der Waals surface area contributed by atoms with Gasteiger partial charge in [0.1, 0.15) is 0 Å². The second-order valence-electron chi connectivity index (χ2n) is 10.5. The number of aryl methyl sites for hydroxylation is 1. The molecule has 0 aromatic heterocycles. The first-order chi connectivity index (χ1) is 19.3. The molecule has 0 aliphatic heterocycles. The highest BCUT2D eigenvalue weighted by Crippen LogP contribution is 2.34. The van der Waals surface area contributed by atoms with E-state index in [-0.39, 0.29) is 17.9 Å². The molecule has 1 fully saturated rings. The topological polar surface area (TPSA) is 64.8 Å². The average molecular weight is 604 g/mol. The molecule has 8 heteroatoms. The van der Waals surface area contributed by atoms with Gasteiger partial charge in [0.2, 0.25) is 5.91 Å². The lowest BCUT2D eigenvalue weighted by atomic mass is 9.96. The third kappa shape index (κ3) is 8.37. The van der Waals surface area contributed by atoms with Crippen molar-refractivity contribution in [3.8, 4) is 5.75 Å². The Kier molecular flexibility index (Phi) is 11.2. The van der Waals surface area contributed by atoms with Gasteiger partial charge in [-0.25, -0.2) is 0 Å². The van der Waals surface area contributed by atoms with Crippen LogP contribution in [-0.2, 0) is 35.3 Å². The van der Waals surface area contributed by atoms with Crippen molar-refractivity contribution >= 4 is 40.7 Å². The summed E-state index contributed by atoms with van der Waals surface area (Å²) in [7, 11) is 1.69. The van der Waals surface area contributed by atoms with E-state index in [2.05, 4.69) is 30.3 Å². The van der Waals surface area contributed by atoms with Gasteiger partial charge in [0, 0.05) is 37.7 Å². The Morgan fingerprint density at radius 1 is 0.925 bits per heavy atom. The molecular formula is C32H37Cl3N2O3. The Morgan fingerprint density at radius 2 is 1.55 bits per heavy atom. The van der Waals surface area contributed by atoms with Crippen molar-refractivity contribution in [2.75, 3.05) is 26.9 Å². The van der Waals surface area contributed by atoms with E-state index in [9.17, 15) is 4.79 Å². The molecular weight excluding hydrogens is 567 g/mol. The highest BCUT2D eigenvalue weighted by atomic mass is 35.5. The molecule has 0 saturated heterocycles. The number of carbonyl (C=O) groups is 1. The average Bonchev–Trinajstić information content (AvgIpc) is 3.77. The molecule has 1 saturated carbocycles. The van der Waals surface area contributed by atoms with Crippen molar-refractivity contribution in [2.24, 2.45) is 11.7 Å². The lowest BCUT2D eigenvalue weighted by molar-refractivity contribution is -0.136. The smallest absolute Gasteiger partial charge is 0.227 e. The lowest BCUT2D eigenvalue weighted by Gasteiger charge is -2.27. The second kappa shape index (κ2) is 14.6. The number of halogens is 3. The van der Waals surface area contributed by atoms with Gasteiger partial charge >= 0.3 is 0 Å². The molecule has 4 rings (SSSR count). The van der Waals surface area contributed by atoms with Crippen LogP contribution in [0, 0.1) is 12.8 Å². The SMILES string of the molecule is COCCc1ccc(CN(C(=O)C(CN)Cc2ccc(CCOc3c(Cl)cc(C)cc3Cl)cc2)C2CC2)c(Cl)c1. The first-order valence-corrected chi connectivity index (χ1v) is 14.9. The van der Waals surface area contributed by atoms with Gasteiger partial charge in [0.15, 0.2) is 5.75 Å². The fraction of sp³-hybridized carbons (Fsp3) is 0.406. The first kappa shape index (κ1) is 30.7. The van der Waals surface area contributed by atoms with Gasteiger partial charge in [-0.05, 0) is 78.6 Å². The van der Waals surface area contributed by atoms with Gasteiger partial charge in [0.05, 0.1) is 29.2 Å². The van der Waals surface area contributed by atoms with E-state index in [0.29, 0.717) is 60.0 Å². The molecule has 1 aliphatic rings. The van der Waals surface area contributed by atoms with E-state index < -0.39 is 0 Å². The van der Waals surface area contributed by atoms with E-state index in [0.717, 1.165) is 47.1 Å². The number of ether oxygens (including phenoxy) is 2. The van der Waals surface area contributed by atoms with Crippen LogP contribution in [0.25, 0.3) is 0 Å². The molecule has 1 amide bonds. The lowest BCUT2D eigenvalue weighted by Crippen LogP contribution is -2.41. The van der Waals surface area contributed by atoms with Crippen molar-refractivity contribution in [1.29, 1.82) is 0 Å². The number of rotatable bonds is 14. The predicted molar refractivity (Wildman–Crippen MR) is 164 cm³/mol. The molecule has 0 radical (unpaired) electrons. The van der Waals surface area contributed by atoms with Crippen LogP contribution in [0.1, 0.15) is 40.7 Å². The molecule has 0 heterocycles. The van der Waals surface area contributed by atoms with Crippen LogP contribution < -0.4 is 10.5 Å². The number of hydrogen-bond acceptors (Lipinski definition) is 4. The first-order valence-electron chi connectivity index (χ1n) is 13.7. The fourth-order valence-corrected chi connectivity index (χ4v) is 5.75. The number of benzene rings is 3. The summed E-state index contributed by atoms with van der Waals surface area (Å²) < 4.78 is 11.0. The number of nitrogens with zero attached hydrogens (tertiary/aromatic N) is 1. The minimum atomic E-state index is -0.291. The highest BCUT2D eigenvalue weighted by Gasteiger charge is 2.35. The summed E-state index contributed by atoms with van der Waals surface area (Å²) in [5.41, 5.74) is 11.4. The van der Waals surface area contributed by atoms with Crippen molar-refractivity contribution in [1.82, 2.24) is 4.90 Å². The number of amides is 1. The minimum Gasteiger partial charge on any atom is -0.490 e. The molecule has 3 aromatic carbocycles. The zero-order valence-corrected chi connectivity index (χ0v) is 25.4. The molecule has 1 atom stereocenters. The Labute approximate surface area is 252 Å². The summed E-state index contributed by atoms with van der Waals surface area (Å²) in [5, 5.41) is 1.71. The van der Waals surface area contributed by atoms with Crippen LogP contribution in [0.2, 0.25) is 15.1 Å². The normalized spacial score (nSPS) is 13.8. The number of methoxy groups -OCH3 is 1. The molecule has 1 unspecified atom stereocenters. The second-order valence-corrected chi connectivity index (χ2v) is 11.7. The standard InChI is InChI=1S/C32H37Cl3N2O3/c1-21-15-29(34)31(30(35)16-21)40-14-12-22-3-5-23(6-4-22)17-26(19-36)32(38)37(27-9-10-27)20-25-8-7-24(11-13-39-2)18-28(25)33/h3-8,15-16,18,26-27H,9-14,17,19-20,36H2,1-2H3. The predicted octanol–water partition coefficient (Wildman–Crippen LogP) is 7.07. The van der Waals surface area contributed by atoms with E-state index in [1.165, 1.54) is 0 Å². The molecule has 5 nitrogen and oxygen atoms in total. The number of carbonyl (C=O) groups excluding carboxylic acids is 1. The zero-order chi connectivity index (χ0) is 28.6. The van der Waals surface area contributed by atoms with Gasteiger partial charge in [-0.1, -0.05) is 71.2 Å². The van der Waals surface area contributed by atoms with E-state index in [4.69, 9.17) is 50.0 Å². The van der Waals surface area contributed by atoms with Crippen molar-refractivity contribution in [3.05, 3.63) is 97.5 Å². The van der Waals surface area contributed by atoms with Gasteiger partial charge in [-0.2, -0.15) is 0 Å².